The van der Waals surface area contributed by atoms with Crippen LogP contribution in [0.4, 0.5) is 0 Å². The number of hydrogen-bond donors (Lipinski definition) is 1. The Morgan fingerprint density at radius 1 is 1.83 bits per heavy atom. The smallest absolute Gasteiger partial charge is 0.307 e. The molecule has 1 N–H and O–H groups in total. The maximum Gasteiger partial charge on any atom is 0.307 e. The van der Waals surface area contributed by atoms with E-state index in [1.54, 1.807) is 12.5 Å². The Kier molecular flexibility index (Phi) is 1.43. The summed E-state index contributed by atoms with van der Waals surface area (Å²) in [7, 11) is 1.89. The van der Waals surface area contributed by atoms with E-state index in [9.17, 15) is 4.79 Å². The Balaban J connectivity index is 2.15. The van der Waals surface area contributed by atoms with Crippen LogP contribution < -0.4 is 0 Å². The predicted molar refractivity (Wildman–Crippen MR) is 41.7 cm³/mol. The summed E-state index contributed by atoms with van der Waals surface area (Å²) in [6, 6.07) is 0. The molecular formula is C8H10N2O2. The second kappa shape index (κ2) is 2.33. The van der Waals surface area contributed by atoms with Crippen molar-refractivity contribution in [1.82, 2.24) is 9.55 Å². The summed E-state index contributed by atoms with van der Waals surface area (Å²) in [6.07, 6.45) is 4.20. The first kappa shape index (κ1) is 7.34. The maximum atomic E-state index is 10.5. The van der Waals surface area contributed by atoms with E-state index in [0.29, 0.717) is 0 Å². The van der Waals surface area contributed by atoms with Crippen molar-refractivity contribution < 1.29 is 9.90 Å². The molecule has 1 aromatic rings. The number of hydrogen-bond acceptors (Lipinski definition) is 2. The lowest BCUT2D eigenvalue weighted by Gasteiger charge is -1.97. The van der Waals surface area contributed by atoms with Crippen molar-refractivity contribution in [3.8, 4) is 0 Å². The summed E-state index contributed by atoms with van der Waals surface area (Å²) in [4.78, 5) is 14.5. The lowest BCUT2D eigenvalue weighted by Crippen LogP contribution is -2.01. The van der Waals surface area contributed by atoms with Gasteiger partial charge in [-0.2, -0.15) is 0 Å². The zero-order valence-electron chi connectivity index (χ0n) is 6.77. The highest BCUT2D eigenvalue weighted by Gasteiger charge is 2.45. The van der Waals surface area contributed by atoms with Crippen LogP contribution in [0.25, 0.3) is 0 Å². The van der Waals surface area contributed by atoms with Crippen molar-refractivity contribution in [3.05, 3.63) is 18.2 Å². The third-order valence-electron chi connectivity index (χ3n) is 2.34. The van der Waals surface area contributed by atoms with Crippen molar-refractivity contribution in [2.75, 3.05) is 0 Å². The first-order chi connectivity index (χ1) is 5.70. The van der Waals surface area contributed by atoms with E-state index in [2.05, 4.69) is 4.98 Å². The van der Waals surface area contributed by atoms with Gasteiger partial charge in [0.15, 0.2) is 0 Å². The van der Waals surface area contributed by atoms with Crippen LogP contribution in [0.5, 0.6) is 0 Å². The fraction of sp³-hybridized carbons (Fsp3) is 0.500. The van der Waals surface area contributed by atoms with Gasteiger partial charge in [0.1, 0.15) is 0 Å². The van der Waals surface area contributed by atoms with Gasteiger partial charge in [-0.15, -0.1) is 0 Å². The molecule has 1 aromatic heterocycles. The van der Waals surface area contributed by atoms with Crippen molar-refractivity contribution in [2.45, 2.75) is 12.3 Å². The topological polar surface area (TPSA) is 55.1 Å². The van der Waals surface area contributed by atoms with E-state index in [1.807, 2.05) is 11.6 Å². The lowest BCUT2D eigenvalue weighted by molar-refractivity contribution is -0.138. The summed E-state index contributed by atoms with van der Waals surface area (Å²) in [5.41, 5.74) is 1.03. The predicted octanol–water partition coefficient (Wildman–Crippen LogP) is 0.608. The van der Waals surface area contributed by atoms with E-state index < -0.39 is 5.97 Å². The van der Waals surface area contributed by atoms with Crippen molar-refractivity contribution >= 4 is 5.97 Å². The Hall–Kier alpha value is -1.32. The number of carbonyl (C=O) groups is 1. The van der Waals surface area contributed by atoms with Crippen molar-refractivity contribution in [2.24, 2.45) is 13.0 Å². The summed E-state index contributed by atoms with van der Waals surface area (Å²) in [6.45, 7) is 0. The van der Waals surface area contributed by atoms with Crippen LogP contribution in [0.3, 0.4) is 0 Å². The minimum atomic E-state index is -0.693. The lowest BCUT2D eigenvalue weighted by atomic mass is 10.2. The molecule has 12 heavy (non-hydrogen) atoms. The van der Waals surface area contributed by atoms with Gasteiger partial charge in [-0.1, -0.05) is 0 Å². The summed E-state index contributed by atoms with van der Waals surface area (Å²) in [5, 5.41) is 8.68. The molecule has 1 fully saturated rings. The zero-order valence-corrected chi connectivity index (χ0v) is 6.77. The van der Waals surface area contributed by atoms with Gasteiger partial charge in [-0.05, 0) is 6.42 Å². The van der Waals surface area contributed by atoms with Gasteiger partial charge in [0.25, 0.3) is 0 Å². The van der Waals surface area contributed by atoms with Gasteiger partial charge in [-0.25, -0.2) is 4.98 Å². The van der Waals surface area contributed by atoms with Crippen molar-refractivity contribution in [3.63, 3.8) is 0 Å². The first-order valence-corrected chi connectivity index (χ1v) is 3.89. The number of aromatic nitrogens is 2. The van der Waals surface area contributed by atoms with E-state index >= 15 is 0 Å². The molecule has 64 valence electrons. The van der Waals surface area contributed by atoms with E-state index in [4.69, 9.17) is 5.11 Å². The Labute approximate surface area is 69.8 Å². The first-order valence-electron chi connectivity index (χ1n) is 3.89. The van der Waals surface area contributed by atoms with Gasteiger partial charge in [-0.3, -0.25) is 4.79 Å². The zero-order chi connectivity index (χ0) is 8.72. The Morgan fingerprint density at radius 2 is 2.58 bits per heavy atom. The van der Waals surface area contributed by atoms with Crippen LogP contribution in [0.1, 0.15) is 18.0 Å². The third-order valence-corrected chi connectivity index (χ3v) is 2.34. The number of rotatable bonds is 2. The summed E-state index contributed by atoms with van der Waals surface area (Å²) < 4.78 is 1.88. The highest BCUT2D eigenvalue weighted by Crippen LogP contribution is 2.47. The molecule has 0 radical (unpaired) electrons. The average molecular weight is 166 g/mol. The minimum absolute atomic E-state index is 0.180. The van der Waals surface area contributed by atoms with Crippen LogP contribution in [-0.2, 0) is 11.8 Å². The molecule has 1 aliphatic rings. The van der Waals surface area contributed by atoms with E-state index in [1.165, 1.54) is 0 Å². The molecule has 0 spiro atoms. The highest BCUT2D eigenvalue weighted by atomic mass is 16.4. The molecule has 0 bridgehead atoms. The fourth-order valence-electron chi connectivity index (χ4n) is 1.52. The number of aryl methyl sites for hydroxylation is 1. The molecular weight excluding hydrogens is 156 g/mol. The van der Waals surface area contributed by atoms with E-state index in [-0.39, 0.29) is 11.8 Å². The van der Waals surface area contributed by atoms with Crippen LogP contribution in [0.15, 0.2) is 12.5 Å². The molecule has 1 aliphatic carbocycles. The maximum absolute atomic E-state index is 10.5. The van der Waals surface area contributed by atoms with Crippen molar-refractivity contribution in [1.29, 1.82) is 0 Å². The molecule has 1 saturated carbocycles. The SMILES string of the molecule is Cn1cncc1[C@@H]1C[C@H]1C(=O)O. The largest absolute Gasteiger partial charge is 0.481 e. The summed E-state index contributed by atoms with van der Waals surface area (Å²) >= 11 is 0. The minimum Gasteiger partial charge on any atom is -0.481 e. The van der Waals surface area contributed by atoms with Gasteiger partial charge in [0.05, 0.1) is 12.2 Å². The third kappa shape index (κ3) is 0.995. The standard InChI is InChI=1S/C8H10N2O2/c1-10-4-9-3-7(10)5-2-6(5)8(11)12/h3-6H,2H2,1H3,(H,11,12)/t5-,6-/m1/s1. The van der Waals surface area contributed by atoms with Crippen LogP contribution >= 0.6 is 0 Å². The van der Waals surface area contributed by atoms with Gasteiger partial charge < -0.3 is 9.67 Å². The molecule has 0 saturated heterocycles. The number of aliphatic carboxylic acids is 1. The molecule has 0 aliphatic heterocycles. The quantitative estimate of drug-likeness (QED) is 0.700. The number of nitrogens with zero attached hydrogens (tertiary/aromatic N) is 2. The van der Waals surface area contributed by atoms with Gasteiger partial charge >= 0.3 is 5.97 Å². The highest BCUT2D eigenvalue weighted by molar-refractivity contribution is 5.75. The molecule has 1 heterocycles. The number of imidazole rings is 1. The van der Waals surface area contributed by atoms with E-state index in [0.717, 1.165) is 12.1 Å². The fourth-order valence-corrected chi connectivity index (χ4v) is 1.52. The average Bonchev–Trinajstić information content (AvgIpc) is 2.70. The number of carboxylic acid groups (broad SMARTS) is 1. The molecule has 0 aromatic carbocycles. The Morgan fingerprint density at radius 3 is 3.00 bits per heavy atom. The Bertz CT molecular complexity index is 319. The molecule has 4 heteroatoms. The van der Waals surface area contributed by atoms with Crippen LogP contribution in [-0.4, -0.2) is 20.6 Å². The number of carboxylic acids is 1. The second-order valence-electron chi connectivity index (χ2n) is 3.22. The molecule has 0 unspecified atom stereocenters. The van der Waals surface area contributed by atoms with Gasteiger partial charge in [0.2, 0.25) is 0 Å². The summed E-state index contributed by atoms with van der Waals surface area (Å²) in [5.74, 6) is -0.684. The van der Waals surface area contributed by atoms with Gasteiger partial charge in [0, 0.05) is 24.9 Å². The molecule has 4 nitrogen and oxygen atoms in total. The normalized spacial score (nSPS) is 27.1. The molecule has 0 amide bonds. The van der Waals surface area contributed by atoms with Crippen LogP contribution in [0, 0.1) is 5.92 Å². The van der Waals surface area contributed by atoms with Crippen LogP contribution in [0.2, 0.25) is 0 Å². The second-order valence-corrected chi connectivity index (χ2v) is 3.22. The molecule has 2 rings (SSSR count). The molecule has 2 atom stereocenters. The monoisotopic (exact) mass is 166 g/mol.